The molecule has 128 valence electrons. The van der Waals surface area contributed by atoms with Gasteiger partial charge in [-0.2, -0.15) is 0 Å². The van der Waals surface area contributed by atoms with Gasteiger partial charge in [0, 0.05) is 12.1 Å². The average Bonchev–Trinajstić information content (AvgIpc) is 2.55. The second-order valence-corrected chi connectivity index (χ2v) is 6.49. The van der Waals surface area contributed by atoms with Gasteiger partial charge >= 0.3 is 0 Å². The highest BCUT2D eigenvalue weighted by atomic mass is 16.5. The fourth-order valence-corrected chi connectivity index (χ4v) is 3.15. The van der Waals surface area contributed by atoms with E-state index in [2.05, 4.69) is 17.6 Å². The van der Waals surface area contributed by atoms with Crippen LogP contribution in [-0.4, -0.2) is 25.6 Å². The zero-order valence-corrected chi connectivity index (χ0v) is 14.4. The molecule has 1 aromatic rings. The van der Waals surface area contributed by atoms with Crippen molar-refractivity contribution in [1.29, 1.82) is 0 Å². The summed E-state index contributed by atoms with van der Waals surface area (Å²) in [5.74, 6) is 0.945. The minimum absolute atomic E-state index is 0.102. The Morgan fingerprint density at radius 1 is 1.22 bits per heavy atom. The molecule has 1 aliphatic rings. The number of benzene rings is 1. The van der Waals surface area contributed by atoms with Crippen LogP contribution in [0.2, 0.25) is 0 Å². The van der Waals surface area contributed by atoms with Gasteiger partial charge in [0.1, 0.15) is 5.75 Å². The first kappa shape index (κ1) is 17.8. The molecule has 0 heterocycles. The maximum atomic E-state index is 12.2. The lowest BCUT2D eigenvalue weighted by molar-refractivity contribution is -0.121. The van der Waals surface area contributed by atoms with Crippen molar-refractivity contribution < 1.29 is 9.53 Å². The molecule has 4 heteroatoms. The predicted molar refractivity (Wildman–Crippen MR) is 93.7 cm³/mol. The molecule has 0 unspecified atom stereocenters. The van der Waals surface area contributed by atoms with Crippen molar-refractivity contribution in [2.45, 2.75) is 64.0 Å². The first-order valence-electron chi connectivity index (χ1n) is 8.85. The third-order valence-corrected chi connectivity index (χ3v) is 4.63. The Balaban J connectivity index is 1.76. The molecule has 1 aromatic carbocycles. The molecule has 1 amide bonds. The standard InChI is InChI=1S/C19H30N2O2/c1-15(16-9-8-12-18(13-16)23-2)20-14-19(22)21-17-10-6-4-3-5-7-11-17/h8-9,12-13,15,17,20H,3-7,10-11,14H2,1-2H3,(H,21,22)/t15-/m1/s1. The Bertz CT molecular complexity index is 482. The van der Waals surface area contributed by atoms with E-state index >= 15 is 0 Å². The first-order chi connectivity index (χ1) is 11.2. The van der Waals surface area contributed by atoms with Crippen molar-refractivity contribution in [2.24, 2.45) is 0 Å². The summed E-state index contributed by atoms with van der Waals surface area (Å²) in [4.78, 5) is 12.2. The van der Waals surface area contributed by atoms with E-state index < -0.39 is 0 Å². The molecule has 1 aliphatic carbocycles. The fraction of sp³-hybridized carbons (Fsp3) is 0.632. The Morgan fingerprint density at radius 2 is 1.91 bits per heavy atom. The molecule has 0 radical (unpaired) electrons. The quantitative estimate of drug-likeness (QED) is 0.843. The summed E-state index contributed by atoms with van der Waals surface area (Å²) in [6.07, 6.45) is 8.67. The molecule has 0 saturated heterocycles. The van der Waals surface area contributed by atoms with E-state index in [1.807, 2.05) is 24.3 Å². The highest BCUT2D eigenvalue weighted by Gasteiger charge is 2.14. The maximum Gasteiger partial charge on any atom is 0.234 e. The molecule has 2 N–H and O–H groups in total. The van der Waals surface area contributed by atoms with Crippen LogP contribution in [0.4, 0.5) is 0 Å². The Hall–Kier alpha value is -1.55. The highest BCUT2D eigenvalue weighted by Crippen LogP contribution is 2.19. The number of amides is 1. The number of ether oxygens (including phenoxy) is 1. The zero-order valence-electron chi connectivity index (χ0n) is 14.4. The van der Waals surface area contributed by atoms with Crippen LogP contribution >= 0.6 is 0 Å². The molecule has 0 aromatic heterocycles. The summed E-state index contributed by atoms with van der Waals surface area (Å²) >= 11 is 0. The maximum absolute atomic E-state index is 12.2. The second kappa shape index (κ2) is 9.56. The van der Waals surface area contributed by atoms with Crippen LogP contribution in [0.1, 0.15) is 63.5 Å². The summed E-state index contributed by atoms with van der Waals surface area (Å²) in [5, 5.41) is 6.49. The van der Waals surface area contributed by atoms with E-state index in [1.165, 1.54) is 32.1 Å². The number of carbonyl (C=O) groups is 1. The van der Waals surface area contributed by atoms with Crippen LogP contribution in [0.5, 0.6) is 5.75 Å². The topological polar surface area (TPSA) is 50.4 Å². The first-order valence-corrected chi connectivity index (χ1v) is 8.85. The van der Waals surface area contributed by atoms with Crippen molar-refractivity contribution in [3.63, 3.8) is 0 Å². The van der Waals surface area contributed by atoms with Crippen molar-refractivity contribution >= 4 is 5.91 Å². The van der Waals surface area contributed by atoms with Crippen LogP contribution in [0, 0.1) is 0 Å². The highest BCUT2D eigenvalue weighted by molar-refractivity contribution is 5.78. The van der Waals surface area contributed by atoms with Gasteiger partial charge in [0.2, 0.25) is 5.91 Å². The Morgan fingerprint density at radius 3 is 2.61 bits per heavy atom. The summed E-state index contributed by atoms with van der Waals surface area (Å²) in [7, 11) is 1.67. The van der Waals surface area contributed by atoms with E-state index in [4.69, 9.17) is 4.74 Å². The molecule has 23 heavy (non-hydrogen) atoms. The van der Waals surface area contributed by atoms with Crippen LogP contribution in [0.3, 0.4) is 0 Å². The van der Waals surface area contributed by atoms with Gasteiger partial charge in [-0.25, -0.2) is 0 Å². The van der Waals surface area contributed by atoms with Crippen LogP contribution < -0.4 is 15.4 Å². The average molecular weight is 318 g/mol. The van der Waals surface area contributed by atoms with Gasteiger partial charge < -0.3 is 15.4 Å². The lowest BCUT2D eigenvalue weighted by Crippen LogP contribution is -2.41. The van der Waals surface area contributed by atoms with Crippen LogP contribution in [-0.2, 0) is 4.79 Å². The monoisotopic (exact) mass is 318 g/mol. The van der Waals surface area contributed by atoms with Crippen LogP contribution in [0.15, 0.2) is 24.3 Å². The van der Waals surface area contributed by atoms with Gasteiger partial charge in [0.25, 0.3) is 0 Å². The van der Waals surface area contributed by atoms with Gasteiger partial charge in [-0.1, -0.05) is 44.2 Å². The summed E-state index contributed by atoms with van der Waals surface area (Å²) < 4.78 is 5.25. The minimum Gasteiger partial charge on any atom is -0.497 e. The van der Waals surface area contributed by atoms with Gasteiger partial charge in [-0.05, 0) is 37.5 Å². The van der Waals surface area contributed by atoms with E-state index in [1.54, 1.807) is 7.11 Å². The Labute approximate surface area is 140 Å². The van der Waals surface area contributed by atoms with E-state index in [0.29, 0.717) is 12.6 Å². The van der Waals surface area contributed by atoms with Gasteiger partial charge in [-0.15, -0.1) is 0 Å². The largest absolute Gasteiger partial charge is 0.497 e. The molecule has 1 saturated carbocycles. The van der Waals surface area contributed by atoms with Crippen LogP contribution in [0.25, 0.3) is 0 Å². The molecule has 4 nitrogen and oxygen atoms in total. The smallest absolute Gasteiger partial charge is 0.234 e. The molecule has 1 fully saturated rings. The lowest BCUT2D eigenvalue weighted by atomic mass is 9.97. The molecular weight excluding hydrogens is 288 g/mol. The lowest BCUT2D eigenvalue weighted by Gasteiger charge is -2.22. The number of rotatable bonds is 6. The third-order valence-electron chi connectivity index (χ3n) is 4.63. The van der Waals surface area contributed by atoms with E-state index in [9.17, 15) is 4.79 Å². The molecule has 0 aliphatic heterocycles. The SMILES string of the molecule is COc1cccc([C@@H](C)NCC(=O)NC2CCCCCCC2)c1. The zero-order chi connectivity index (χ0) is 16.5. The summed E-state index contributed by atoms with van der Waals surface area (Å²) in [5.41, 5.74) is 1.13. The van der Waals surface area contributed by atoms with Gasteiger partial charge in [-0.3, -0.25) is 4.79 Å². The predicted octanol–water partition coefficient (Wildman–Crippen LogP) is 3.57. The van der Waals surface area contributed by atoms with Crippen molar-refractivity contribution in [1.82, 2.24) is 10.6 Å². The minimum atomic E-state index is 0.102. The summed E-state index contributed by atoms with van der Waals surface area (Å²) in [6.45, 7) is 2.42. The van der Waals surface area contributed by atoms with Crippen molar-refractivity contribution in [3.05, 3.63) is 29.8 Å². The van der Waals surface area contributed by atoms with E-state index in [-0.39, 0.29) is 11.9 Å². The summed E-state index contributed by atoms with van der Waals surface area (Å²) in [6, 6.07) is 8.43. The van der Waals surface area contributed by atoms with Gasteiger partial charge in [0.05, 0.1) is 13.7 Å². The molecule has 2 rings (SSSR count). The number of methoxy groups -OCH3 is 1. The molecule has 1 atom stereocenters. The molecule has 0 bridgehead atoms. The number of nitrogens with one attached hydrogen (secondary N) is 2. The molecular formula is C19H30N2O2. The fourth-order valence-electron chi connectivity index (χ4n) is 3.15. The second-order valence-electron chi connectivity index (χ2n) is 6.49. The molecule has 0 spiro atoms. The number of carbonyl (C=O) groups excluding carboxylic acids is 1. The number of hydrogen-bond donors (Lipinski definition) is 2. The van der Waals surface area contributed by atoms with Gasteiger partial charge in [0.15, 0.2) is 0 Å². The third kappa shape index (κ3) is 6.22. The van der Waals surface area contributed by atoms with Crippen molar-refractivity contribution in [2.75, 3.05) is 13.7 Å². The van der Waals surface area contributed by atoms with E-state index in [0.717, 1.165) is 24.2 Å². The normalized spacial score (nSPS) is 17.8. The van der Waals surface area contributed by atoms with Crippen molar-refractivity contribution in [3.8, 4) is 5.75 Å². The number of hydrogen-bond acceptors (Lipinski definition) is 3. The Kier molecular flexibility index (Phi) is 7.40.